The molecule has 0 spiro atoms. The van der Waals surface area contributed by atoms with E-state index >= 15 is 0 Å². The summed E-state index contributed by atoms with van der Waals surface area (Å²) in [5.74, 6) is -0.138. The van der Waals surface area contributed by atoms with Crippen LogP contribution in [-0.4, -0.2) is 74.2 Å². The van der Waals surface area contributed by atoms with Crippen molar-refractivity contribution in [1.29, 1.82) is 0 Å². The molecule has 24 heavy (non-hydrogen) atoms. The van der Waals surface area contributed by atoms with Crippen LogP contribution in [0.4, 0.5) is 4.79 Å². The van der Waals surface area contributed by atoms with Gasteiger partial charge in [-0.05, 0) is 32.7 Å². The fourth-order valence-electron chi connectivity index (χ4n) is 3.44. The molecule has 0 aromatic rings. The van der Waals surface area contributed by atoms with E-state index in [0.29, 0.717) is 32.5 Å². The van der Waals surface area contributed by atoms with Crippen LogP contribution in [0.15, 0.2) is 0 Å². The molecule has 3 amide bonds. The number of urea groups is 1. The van der Waals surface area contributed by atoms with Gasteiger partial charge in [0.1, 0.15) is 6.04 Å². The fourth-order valence-corrected chi connectivity index (χ4v) is 3.44. The number of ether oxygens (including phenoxy) is 3. The number of methoxy groups -OCH3 is 2. The van der Waals surface area contributed by atoms with Gasteiger partial charge in [0.15, 0.2) is 12.6 Å². The Morgan fingerprint density at radius 2 is 2.00 bits per heavy atom. The topological polar surface area (TPSA) is 94.3 Å². The number of likely N-dealkylation sites (N-methyl/N-ethyl adjacent to an activating group) is 1. The molecule has 0 aromatic carbocycles. The smallest absolute Gasteiger partial charge is 0.327 e. The SMILES string of the molecule is CCN1C(=O)[C@H](CCCCN)N(CC2CC(OC)OC2OC)C1=O. The normalized spacial score (nSPS) is 30.7. The summed E-state index contributed by atoms with van der Waals surface area (Å²) < 4.78 is 16.2. The number of nitrogens with zero attached hydrogens (tertiary/aromatic N) is 2. The molecule has 0 radical (unpaired) electrons. The van der Waals surface area contributed by atoms with E-state index in [4.69, 9.17) is 19.9 Å². The van der Waals surface area contributed by atoms with E-state index < -0.39 is 12.3 Å². The number of carbonyl (C=O) groups is 2. The number of imide groups is 1. The molecule has 2 rings (SSSR count). The highest BCUT2D eigenvalue weighted by Gasteiger charge is 2.47. The maximum atomic E-state index is 12.6. The Labute approximate surface area is 143 Å². The first-order valence-corrected chi connectivity index (χ1v) is 8.60. The van der Waals surface area contributed by atoms with Crippen LogP contribution in [0.2, 0.25) is 0 Å². The molecule has 8 heteroatoms. The summed E-state index contributed by atoms with van der Waals surface area (Å²) in [5.41, 5.74) is 5.54. The highest BCUT2D eigenvalue weighted by atomic mass is 16.8. The molecule has 2 fully saturated rings. The Kier molecular flexibility index (Phi) is 6.97. The first kappa shape index (κ1) is 19.1. The van der Waals surface area contributed by atoms with E-state index in [-0.39, 0.29) is 24.1 Å². The van der Waals surface area contributed by atoms with Crippen LogP contribution in [0.25, 0.3) is 0 Å². The maximum Gasteiger partial charge on any atom is 0.327 e. The third-order valence-electron chi connectivity index (χ3n) is 4.74. The van der Waals surface area contributed by atoms with Crippen molar-refractivity contribution in [3.63, 3.8) is 0 Å². The van der Waals surface area contributed by atoms with Gasteiger partial charge in [-0.2, -0.15) is 0 Å². The number of amides is 3. The zero-order chi connectivity index (χ0) is 17.7. The molecule has 3 unspecified atom stereocenters. The lowest BCUT2D eigenvalue weighted by Crippen LogP contribution is -2.41. The Bertz CT molecular complexity index is 447. The van der Waals surface area contributed by atoms with Gasteiger partial charge in [0.05, 0.1) is 0 Å². The highest BCUT2D eigenvalue weighted by Crippen LogP contribution is 2.31. The number of rotatable bonds is 9. The van der Waals surface area contributed by atoms with Crippen molar-refractivity contribution in [3.05, 3.63) is 0 Å². The molecule has 2 heterocycles. The Morgan fingerprint density at radius 1 is 1.25 bits per heavy atom. The van der Waals surface area contributed by atoms with Crippen molar-refractivity contribution in [2.24, 2.45) is 11.7 Å². The summed E-state index contributed by atoms with van der Waals surface area (Å²) in [6.07, 6.45) is 2.16. The third kappa shape index (κ3) is 3.88. The minimum absolute atomic E-state index is 0.0227. The van der Waals surface area contributed by atoms with Gasteiger partial charge in [0.25, 0.3) is 5.91 Å². The van der Waals surface area contributed by atoms with Gasteiger partial charge in [-0.15, -0.1) is 0 Å². The van der Waals surface area contributed by atoms with Gasteiger partial charge in [0, 0.05) is 39.6 Å². The molecular weight excluding hydrogens is 314 g/mol. The van der Waals surface area contributed by atoms with E-state index in [9.17, 15) is 9.59 Å². The van der Waals surface area contributed by atoms with Gasteiger partial charge in [-0.3, -0.25) is 9.69 Å². The molecule has 2 saturated heterocycles. The first-order chi connectivity index (χ1) is 11.6. The minimum atomic E-state index is -0.432. The van der Waals surface area contributed by atoms with Crippen LogP contribution in [0.1, 0.15) is 32.6 Å². The van der Waals surface area contributed by atoms with E-state index in [1.807, 2.05) is 6.92 Å². The largest absolute Gasteiger partial charge is 0.356 e. The van der Waals surface area contributed by atoms with Gasteiger partial charge in [0.2, 0.25) is 0 Å². The Hall–Kier alpha value is -1.22. The zero-order valence-corrected chi connectivity index (χ0v) is 14.8. The van der Waals surface area contributed by atoms with Crippen molar-refractivity contribution >= 4 is 11.9 Å². The molecule has 2 N–H and O–H groups in total. The Morgan fingerprint density at radius 3 is 2.58 bits per heavy atom. The van der Waals surface area contributed by atoms with E-state index in [2.05, 4.69) is 0 Å². The van der Waals surface area contributed by atoms with Crippen LogP contribution in [0.3, 0.4) is 0 Å². The van der Waals surface area contributed by atoms with Gasteiger partial charge >= 0.3 is 6.03 Å². The van der Waals surface area contributed by atoms with Crippen LogP contribution in [-0.2, 0) is 19.0 Å². The lowest BCUT2D eigenvalue weighted by atomic mass is 10.0. The number of unbranched alkanes of at least 4 members (excludes halogenated alkanes) is 1. The predicted molar refractivity (Wildman–Crippen MR) is 87.0 cm³/mol. The molecular formula is C16H29N3O5. The van der Waals surface area contributed by atoms with Gasteiger partial charge in [-0.1, -0.05) is 0 Å². The molecule has 0 aromatic heterocycles. The molecule has 2 aliphatic heterocycles. The minimum Gasteiger partial charge on any atom is -0.356 e. The van der Waals surface area contributed by atoms with E-state index in [1.165, 1.54) is 4.90 Å². The van der Waals surface area contributed by atoms with Crippen molar-refractivity contribution in [3.8, 4) is 0 Å². The predicted octanol–water partition coefficient (Wildman–Crippen LogP) is 0.750. The van der Waals surface area contributed by atoms with Crippen LogP contribution in [0, 0.1) is 5.92 Å². The fraction of sp³-hybridized carbons (Fsp3) is 0.875. The van der Waals surface area contributed by atoms with Crippen LogP contribution < -0.4 is 5.73 Å². The van der Waals surface area contributed by atoms with Crippen LogP contribution in [0.5, 0.6) is 0 Å². The van der Waals surface area contributed by atoms with E-state index in [1.54, 1.807) is 19.1 Å². The molecule has 0 saturated carbocycles. The first-order valence-electron chi connectivity index (χ1n) is 8.60. The highest BCUT2D eigenvalue weighted by molar-refractivity contribution is 6.04. The van der Waals surface area contributed by atoms with Crippen molar-refractivity contribution in [2.75, 3.05) is 33.9 Å². The quantitative estimate of drug-likeness (QED) is 0.490. The van der Waals surface area contributed by atoms with Crippen molar-refractivity contribution in [2.45, 2.75) is 51.2 Å². The Balaban J connectivity index is 2.08. The molecule has 138 valence electrons. The second-order valence-electron chi connectivity index (χ2n) is 6.22. The summed E-state index contributed by atoms with van der Waals surface area (Å²) in [7, 11) is 3.16. The number of carbonyl (C=O) groups excluding carboxylic acids is 2. The van der Waals surface area contributed by atoms with Crippen molar-refractivity contribution in [1.82, 2.24) is 9.80 Å². The van der Waals surface area contributed by atoms with E-state index in [0.717, 1.165) is 12.8 Å². The number of nitrogens with two attached hydrogens (primary N) is 1. The van der Waals surface area contributed by atoms with Gasteiger partial charge < -0.3 is 24.8 Å². The summed E-state index contributed by atoms with van der Waals surface area (Å²) >= 11 is 0. The number of hydrogen-bond acceptors (Lipinski definition) is 6. The average Bonchev–Trinajstić information content (AvgIpc) is 3.08. The molecule has 4 atom stereocenters. The average molecular weight is 343 g/mol. The molecule has 2 aliphatic rings. The third-order valence-corrected chi connectivity index (χ3v) is 4.74. The van der Waals surface area contributed by atoms with Crippen molar-refractivity contribution < 1.29 is 23.8 Å². The van der Waals surface area contributed by atoms with Gasteiger partial charge in [-0.25, -0.2) is 4.79 Å². The van der Waals surface area contributed by atoms with Crippen LogP contribution >= 0.6 is 0 Å². The maximum absolute atomic E-state index is 12.6. The lowest BCUT2D eigenvalue weighted by Gasteiger charge is -2.26. The summed E-state index contributed by atoms with van der Waals surface area (Å²) in [6, 6.07) is -0.640. The zero-order valence-electron chi connectivity index (χ0n) is 14.8. The summed E-state index contributed by atoms with van der Waals surface area (Å²) in [6.45, 7) is 3.21. The standard InChI is InChI=1S/C16H29N3O5/c1-4-18-14(20)12(7-5-6-8-17)19(16(18)21)10-11-9-13(22-2)24-15(11)23-3/h11-13,15H,4-10,17H2,1-3H3/t11?,12-,13?,15?/m0/s1. The summed E-state index contributed by atoms with van der Waals surface area (Å²) in [4.78, 5) is 28.1. The second-order valence-corrected chi connectivity index (χ2v) is 6.22. The lowest BCUT2D eigenvalue weighted by molar-refractivity contribution is -0.193. The molecule has 8 nitrogen and oxygen atoms in total. The molecule has 0 bridgehead atoms. The number of hydrogen-bond donors (Lipinski definition) is 1. The monoisotopic (exact) mass is 343 g/mol. The summed E-state index contributed by atoms with van der Waals surface area (Å²) in [5, 5.41) is 0. The molecule has 0 aliphatic carbocycles. The second kappa shape index (κ2) is 8.75.